The Morgan fingerprint density at radius 2 is 0.865 bits per heavy atom. The molecule has 0 aliphatic rings. The monoisotopic (exact) mass is 824 g/mol. The van der Waals surface area contributed by atoms with E-state index < -0.39 is 20.8 Å². The number of fused-ring (bicyclic) bond motifs is 2. The van der Waals surface area contributed by atoms with Gasteiger partial charge in [0, 0.05) is 9.52 Å². The molecule has 2 radical (unpaired) electrons. The van der Waals surface area contributed by atoms with Gasteiger partial charge in [-0.1, -0.05) is 148 Å². The van der Waals surface area contributed by atoms with Crippen molar-refractivity contribution in [1.29, 1.82) is 0 Å². The van der Waals surface area contributed by atoms with Crippen LogP contribution in [0.3, 0.4) is 0 Å². The van der Waals surface area contributed by atoms with Crippen LogP contribution in [0.25, 0.3) is 43.8 Å². The van der Waals surface area contributed by atoms with Crippen LogP contribution in [0.15, 0.2) is 84.9 Å². The molecule has 6 aromatic rings. The molecule has 0 aliphatic heterocycles. The zero-order valence-electron chi connectivity index (χ0n) is 33.8. The Bertz CT molecular complexity index is 1820. The summed E-state index contributed by atoms with van der Waals surface area (Å²) in [6.45, 7) is 26.7. The number of halogens is 2. The Kier molecular flexibility index (Phi) is 18.4. The first-order valence-corrected chi connectivity index (χ1v) is 27.3. The van der Waals surface area contributed by atoms with Crippen LogP contribution in [0.4, 0.5) is 0 Å². The van der Waals surface area contributed by atoms with E-state index in [1.807, 2.05) is 0 Å². The van der Waals surface area contributed by atoms with Gasteiger partial charge in [-0.25, -0.2) is 0 Å². The van der Waals surface area contributed by atoms with Gasteiger partial charge >= 0.3 is 37.9 Å². The molecule has 274 valence electrons. The molecule has 0 aliphatic carbocycles. The topological polar surface area (TPSA) is 0 Å². The van der Waals surface area contributed by atoms with Gasteiger partial charge in [-0.3, -0.25) is 0 Å². The van der Waals surface area contributed by atoms with E-state index in [0.717, 1.165) is 22.4 Å². The van der Waals surface area contributed by atoms with Crippen molar-refractivity contribution < 1.29 is 20.8 Å². The Hall–Kier alpha value is -2.22. The van der Waals surface area contributed by atoms with Gasteiger partial charge in [0.2, 0.25) is 0 Å². The third-order valence-electron chi connectivity index (χ3n) is 9.39. The van der Waals surface area contributed by atoms with E-state index in [0.29, 0.717) is 11.8 Å². The van der Waals surface area contributed by atoms with Gasteiger partial charge in [-0.05, 0) is 63.5 Å². The summed E-state index contributed by atoms with van der Waals surface area (Å²) in [6, 6.07) is 32.7. The van der Waals surface area contributed by atoms with Gasteiger partial charge in [0.15, 0.2) is 0 Å². The molecule has 6 aromatic carbocycles. The fraction of sp³-hybridized carbons (Fsp3) is 0.375. The number of benzene rings is 4. The van der Waals surface area contributed by atoms with Crippen LogP contribution >= 0.6 is 17.0 Å². The van der Waals surface area contributed by atoms with E-state index in [2.05, 4.69) is 167 Å². The number of aryl methyl sites for hydroxylation is 6. The predicted molar refractivity (Wildman–Crippen MR) is 234 cm³/mol. The van der Waals surface area contributed by atoms with Crippen molar-refractivity contribution in [2.45, 2.75) is 120 Å². The van der Waals surface area contributed by atoms with Crippen LogP contribution in [0, 0.1) is 27.7 Å². The SMILES string of the molecule is CCCc1ccc2[cH-]c(C(C)C)cc2c1-c1cc(C)cc(C)c1.CCCc1ccc2[cH-]c(C(C)C)cc2c1-c1cc(C)cc(C)c1.C[Si]C.[Cl][Zr+2][Cl]. The summed E-state index contributed by atoms with van der Waals surface area (Å²) in [4.78, 5) is 0. The summed E-state index contributed by atoms with van der Waals surface area (Å²) in [5, 5.41) is 5.60. The molecule has 0 unspecified atom stereocenters. The van der Waals surface area contributed by atoms with Gasteiger partial charge in [0.25, 0.3) is 0 Å². The fourth-order valence-electron chi connectivity index (χ4n) is 7.24. The first-order valence-electron chi connectivity index (χ1n) is 19.0. The van der Waals surface area contributed by atoms with Crippen molar-refractivity contribution in [3.8, 4) is 22.3 Å². The van der Waals surface area contributed by atoms with E-state index in [4.69, 9.17) is 17.0 Å². The minimum absolute atomic E-state index is 0.573. The molecule has 52 heavy (non-hydrogen) atoms. The van der Waals surface area contributed by atoms with Crippen LogP contribution in [0.1, 0.15) is 111 Å². The molecule has 0 fully saturated rings. The molecule has 0 saturated carbocycles. The third kappa shape index (κ3) is 11.9. The second-order valence-corrected chi connectivity index (χ2v) is 19.6. The molecule has 0 aromatic heterocycles. The van der Waals surface area contributed by atoms with Gasteiger partial charge in [-0.15, -0.1) is 69.1 Å². The summed E-state index contributed by atoms with van der Waals surface area (Å²) in [5.41, 5.74) is 16.9. The predicted octanol–water partition coefficient (Wildman–Crippen LogP) is 16.0. The molecule has 0 amide bonds. The van der Waals surface area contributed by atoms with E-state index in [9.17, 15) is 0 Å². The Morgan fingerprint density at radius 3 is 1.13 bits per heavy atom. The van der Waals surface area contributed by atoms with E-state index in [-0.39, 0.29) is 0 Å². The van der Waals surface area contributed by atoms with Crippen LogP contribution in [-0.4, -0.2) is 9.52 Å². The zero-order chi connectivity index (χ0) is 38.5. The van der Waals surface area contributed by atoms with Gasteiger partial charge in [0.1, 0.15) is 0 Å². The molecule has 0 bridgehead atoms. The average Bonchev–Trinajstić information content (AvgIpc) is 3.70. The molecule has 0 atom stereocenters. The molecule has 0 saturated heterocycles. The second-order valence-electron chi connectivity index (χ2n) is 14.9. The number of hydrogen-bond acceptors (Lipinski definition) is 0. The Balaban J connectivity index is 0.000000244. The van der Waals surface area contributed by atoms with Crippen molar-refractivity contribution in [1.82, 2.24) is 0 Å². The van der Waals surface area contributed by atoms with Gasteiger partial charge in [-0.2, -0.15) is 12.1 Å². The van der Waals surface area contributed by atoms with E-state index in [1.165, 1.54) is 101 Å². The molecule has 0 heterocycles. The van der Waals surface area contributed by atoms with Crippen LogP contribution in [0.2, 0.25) is 13.1 Å². The molecule has 6 rings (SSSR count). The summed E-state index contributed by atoms with van der Waals surface area (Å²) >= 11 is -0.826. The van der Waals surface area contributed by atoms with Crippen molar-refractivity contribution in [3.05, 3.63) is 129 Å². The Morgan fingerprint density at radius 1 is 0.558 bits per heavy atom. The van der Waals surface area contributed by atoms with Crippen molar-refractivity contribution in [2.75, 3.05) is 0 Å². The summed E-state index contributed by atoms with van der Waals surface area (Å²) in [6.07, 6.45) is 4.64. The standard InChI is InChI=1S/2C23H27.C2H6Si.2ClH.Zr/c2*1-6-7-18-8-9-19-13-20(15(2)3)14-22(19)23(18)21-11-16(4)10-17(5)12-21;1-3-2;;;/h2*8-15H,6-7H2,1-5H3;1-2H3;2*1H;/q2*-1;;;;+4/p-2. The van der Waals surface area contributed by atoms with Crippen LogP contribution < -0.4 is 0 Å². The number of rotatable bonds is 8. The third-order valence-corrected chi connectivity index (χ3v) is 9.39. The maximum atomic E-state index is 4.93. The number of hydrogen-bond donors (Lipinski definition) is 0. The van der Waals surface area contributed by atoms with Crippen molar-refractivity contribution >= 4 is 48.1 Å². The summed E-state index contributed by atoms with van der Waals surface area (Å²) in [5.74, 6) is 1.15. The molecule has 4 heteroatoms. The van der Waals surface area contributed by atoms with E-state index in [1.54, 1.807) is 0 Å². The van der Waals surface area contributed by atoms with E-state index >= 15 is 0 Å². The first kappa shape index (κ1) is 44.2. The maximum absolute atomic E-state index is 4.93. The van der Waals surface area contributed by atoms with Gasteiger partial charge < -0.3 is 0 Å². The van der Waals surface area contributed by atoms with Crippen LogP contribution in [-0.2, 0) is 33.7 Å². The second kappa shape index (κ2) is 21.6. The van der Waals surface area contributed by atoms with Crippen molar-refractivity contribution in [3.63, 3.8) is 0 Å². The average molecular weight is 827 g/mol. The van der Waals surface area contributed by atoms with Crippen molar-refractivity contribution in [2.24, 2.45) is 0 Å². The quantitative estimate of drug-likeness (QED) is 0.106. The molecule has 0 spiro atoms. The molecule has 0 nitrogen and oxygen atoms in total. The summed E-state index contributed by atoms with van der Waals surface area (Å²) < 4.78 is 0. The first-order chi connectivity index (χ1) is 24.8. The molecular weight excluding hydrogens is 767 g/mol. The fourth-order valence-corrected chi connectivity index (χ4v) is 7.24. The van der Waals surface area contributed by atoms with Gasteiger partial charge in [0.05, 0.1) is 0 Å². The molecule has 0 N–H and O–H groups in total. The Labute approximate surface area is 338 Å². The zero-order valence-corrected chi connectivity index (χ0v) is 38.8. The van der Waals surface area contributed by atoms with Crippen LogP contribution in [0.5, 0.6) is 0 Å². The normalized spacial score (nSPS) is 10.8. The molecular formula is C48H60Cl2SiZr. The summed E-state index contributed by atoms with van der Waals surface area (Å²) in [7, 11) is 11.0. The minimum atomic E-state index is -0.826.